The molecule has 10 heavy (non-hydrogen) atoms. The summed E-state index contributed by atoms with van der Waals surface area (Å²) >= 11 is 0. The van der Waals surface area contributed by atoms with Crippen molar-refractivity contribution >= 4 is 9.24 Å². The van der Waals surface area contributed by atoms with E-state index in [-0.39, 0.29) is 0 Å². The summed E-state index contributed by atoms with van der Waals surface area (Å²) in [6.07, 6.45) is 4.04. The fraction of sp³-hybridized carbons (Fsp3) is 1.00. The van der Waals surface area contributed by atoms with Crippen LogP contribution in [0.1, 0.15) is 26.2 Å². The second kappa shape index (κ2) is 3.69. The minimum absolute atomic E-state index is 0.812. The van der Waals surface area contributed by atoms with Crippen LogP contribution in [0.2, 0.25) is 0 Å². The first-order chi connectivity index (χ1) is 4.74. The molecule has 1 aliphatic rings. The molecule has 0 aromatic rings. The van der Waals surface area contributed by atoms with Crippen molar-refractivity contribution in [2.75, 3.05) is 6.54 Å². The van der Waals surface area contributed by atoms with Gasteiger partial charge in [0.15, 0.2) is 0 Å². The first-order valence-corrected chi connectivity index (χ1v) is 4.86. The maximum atomic E-state index is 5.60. The van der Waals surface area contributed by atoms with E-state index in [4.69, 9.17) is 5.73 Å². The molecule has 0 aromatic carbocycles. The van der Waals surface area contributed by atoms with Gasteiger partial charge in [-0.2, -0.15) is 0 Å². The van der Waals surface area contributed by atoms with Crippen LogP contribution in [-0.4, -0.2) is 12.2 Å². The van der Waals surface area contributed by atoms with E-state index in [1.54, 1.807) is 0 Å². The number of rotatable bonds is 1. The minimum atomic E-state index is 0.812. The van der Waals surface area contributed by atoms with E-state index < -0.39 is 0 Å². The highest BCUT2D eigenvalue weighted by atomic mass is 31.0. The normalized spacial score (nSPS) is 41.7. The molecule has 0 aromatic heterocycles. The van der Waals surface area contributed by atoms with Crippen LogP contribution >= 0.6 is 9.24 Å². The van der Waals surface area contributed by atoms with Crippen LogP contribution in [0.15, 0.2) is 0 Å². The van der Waals surface area contributed by atoms with E-state index in [0.717, 1.165) is 24.0 Å². The second-order valence-electron chi connectivity index (χ2n) is 3.56. The van der Waals surface area contributed by atoms with Crippen molar-refractivity contribution in [1.29, 1.82) is 0 Å². The summed E-state index contributed by atoms with van der Waals surface area (Å²) in [5.74, 6) is 1.68. The Morgan fingerprint density at radius 2 is 2.20 bits per heavy atom. The van der Waals surface area contributed by atoms with Crippen molar-refractivity contribution < 1.29 is 0 Å². The van der Waals surface area contributed by atoms with E-state index in [1.807, 2.05) is 0 Å². The molecule has 0 aliphatic heterocycles. The molecule has 1 nitrogen and oxygen atoms in total. The Morgan fingerprint density at radius 1 is 1.50 bits per heavy atom. The molecule has 2 N–H and O–H groups in total. The summed E-state index contributed by atoms with van der Waals surface area (Å²) in [5, 5.41) is 0. The van der Waals surface area contributed by atoms with Gasteiger partial charge >= 0.3 is 0 Å². The summed E-state index contributed by atoms with van der Waals surface area (Å²) in [4.78, 5) is 0. The van der Waals surface area contributed by atoms with Crippen molar-refractivity contribution in [2.45, 2.75) is 31.8 Å². The molecule has 4 unspecified atom stereocenters. The SMILES string of the molecule is CC1CC(CN)CCC1P. The van der Waals surface area contributed by atoms with E-state index in [2.05, 4.69) is 16.2 Å². The monoisotopic (exact) mass is 159 g/mol. The molecule has 4 atom stereocenters. The summed E-state index contributed by atoms with van der Waals surface area (Å²) in [5.41, 5.74) is 6.45. The van der Waals surface area contributed by atoms with Crippen LogP contribution in [0.25, 0.3) is 0 Å². The molecule has 1 rings (SSSR count). The molecule has 2 heteroatoms. The van der Waals surface area contributed by atoms with Crippen LogP contribution in [0.3, 0.4) is 0 Å². The average molecular weight is 159 g/mol. The Morgan fingerprint density at radius 3 is 2.70 bits per heavy atom. The van der Waals surface area contributed by atoms with Crippen LogP contribution in [0, 0.1) is 11.8 Å². The molecule has 60 valence electrons. The van der Waals surface area contributed by atoms with Crippen molar-refractivity contribution in [3.8, 4) is 0 Å². The van der Waals surface area contributed by atoms with Crippen LogP contribution < -0.4 is 5.73 Å². The molecule has 1 aliphatic carbocycles. The van der Waals surface area contributed by atoms with E-state index in [0.29, 0.717) is 0 Å². The van der Waals surface area contributed by atoms with Gasteiger partial charge in [-0.3, -0.25) is 0 Å². The van der Waals surface area contributed by atoms with E-state index in [9.17, 15) is 0 Å². The zero-order valence-electron chi connectivity index (χ0n) is 6.72. The summed E-state index contributed by atoms with van der Waals surface area (Å²) in [7, 11) is 2.94. The lowest BCUT2D eigenvalue weighted by Crippen LogP contribution is -2.27. The Labute approximate surface area is 66.0 Å². The zero-order valence-corrected chi connectivity index (χ0v) is 7.87. The van der Waals surface area contributed by atoms with Crippen LogP contribution in [0.4, 0.5) is 0 Å². The summed E-state index contributed by atoms with van der Waals surface area (Å²) < 4.78 is 0. The third-order valence-electron chi connectivity index (χ3n) is 2.68. The van der Waals surface area contributed by atoms with Crippen LogP contribution in [0.5, 0.6) is 0 Å². The van der Waals surface area contributed by atoms with Gasteiger partial charge in [-0.05, 0) is 43.3 Å². The van der Waals surface area contributed by atoms with Gasteiger partial charge in [0.2, 0.25) is 0 Å². The molecule has 0 heterocycles. The highest BCUT2D eigenvalue weighted by molar-refractivity contribution is 7.17. The number of hydrogen-bond acceptors (Lipinski definition) is 1. The molecule has 1 fully saturated rings. The lowest BCUT2D eigenvalue weighted by atomic mass is 9.82. The standard InChI is InChI=1S/C8H18NP/c1-6-4-7(5-9)2-3-8(6)10/h6-8H,2-5,9-10H2,1H3. The molecule has 0 bridgehead atoms. The highest BCUT2D eigenvalue weighted by Gasteiger charge is 2.23. The summed E-state index contributed by atoms with van der Waals surface area (Å²) in [6.45, 7) is 3.22. The average Bonchev–Trinajstić information content (AvgIpc) is 1.95. The third-order valence-corrected chi connectivity index (χ3v) is 3.67. The van der Waals surface area contributed by atoms with Gasteiger partial charge < -0.3 is 5.73 Å². The zero-order chi connectivity index (χ0) is 7.56. The first kappa shape index (κ1) is 8.49. The fourth-order valence-electron chi connectivity index (χ4n) is 1.75. The maximum Gasteiger partial charge on any atom is -0.00488 e. The third kappa shape index (κ3) is 1.93. The molecule has 0 spiro atoms. The molecular weight excluding hydrogens is 141 g/mol. The molecule has 0 saturated heterocycles. The molecule has 0 amide bonds. The number of hydrogen-bond donors (Lipinski definition) is 1. The van der Waals surface area contributed by atoms with Gasteiger partial charge in [0.25, 0.3) is 0 Å². The largest absolute Gasteiger partial charge is 0.330 e. The predicted molar refractivity (Wildman–Crippen MR) is 49.1 cm³/mol. The maximum absolute atomic E-state index is 5.60. The quantitative estimate of drug-likeness (QED) is 0.578. The van der Waals surface area contributed by atoms with Gasteiger partial charge in [0.1, 0.15) is 0 Å². The van der Waals surface area contributed by atoms with E-state index >= 15 is 0 Å². The second-order valence-corrected chi connectivity index (χ2v) is 4.41. The molecule has 1 saturated carbocycles. The van der Waals surface area contributed by atoms with Crippen molar-refractivity contribution in [2.24, 2.45) is 17.6 Å². The number of nitrogens with two attached hydrogens (primary N) is 1. The predicted octanol–water partition coefficient (Wildman–Crippen LogP) is 1.62. The van der Waals surface area contributed by atoms with Gasteiger partial charge in [0.05, 0.1) is 0 Å². The minimum Gasteiger partial charge on any atom is -0.330 e. The van der Waals surface area contributed by atoms with Crippen molar-refractivity contribution in [3.05, 3.63) is 0 Å². The summed E-state index contributed by atoms with van der Waals surface area (Å²) in [6, 6.07) is 0. The van der Waals surface area contributed by atoms with E-state index in [1.165, 1.54) is 19.3 Å². The Balaban J connectivity index is 2.33. The Kier molecular flexibility index (Phi) is 3.13. The Hall–Kier alpha value is 0.390. The van der Waals surface area contributed by atoms with Gasteiger partial charge in [-0.15, -0.1) is 9.24 Å². The first-order valence-electron chi connectivity index (χ1n) is 4.19. The van der Waals surface area contributed by atoms with Gasteiger partial charge in [-0.1, -0.05) is 6.92 Å². The Bertz CT molecular complexity index is 105. The van der Waals surface area contributed by atoms with Crippen LogP contribution in [-0.2, 0) is 0 Å². The lowest BCUT2D eigenvalue weighted by Gasteiger charge is -2.30. The lowest BCUT2D eigenvalue weighted by molar-refractivity contribution is 0.297. The topological polar surface area (TPSA) is 26.0 Å². The van der Waals surface area contributed by atoms with Crippen molar-refractivity contribution in [1.82, 2.24) is 0 Å². The molecule has 0 radical (unpaired) electrons. The molecular formula is C8H18NP. The highest BCUT2D eigenvalue weighted by Crippen LogP contribution is 2.32. The smallest absolute Gasteiger partial charge is 0.00488 e. The fourth-order valence-corrected chi connectivity index (χ4v) is 2.09. The van der Waals surface area contributed by atoms with Gasteiger partial charge in [-0.25, -0.2) is 0 Å². The van der Waals surface area contributed by atoms with Gasteiger partial charge in [0, 0.05) is 0 Å². The van der Waals surface area contributed by atoms with Crippen molar-refractivity contribution in [3.63, 3.8) is 0 Å².